The zero-order chi connectivity index (χ0) is 29.0. The number of hydrogen-bond donors (Lipinski definition) is 0. The van der Waals surface area contributed by atoms with Crippen LogP contribution < -0.4 is 10.4 Å². The lowest BCUT2D eigenvalue weighted by molar-refractivity contribution is 0.00578. The van der Waals surface area contributed by atoms with Crippen LogP contribution in [0.15, 0.2) is 40.9 Å². The zero-order valence-electron chi connectivity index (χ0n) is 24.2. The first-order chi connectivity index (χ1) is 17.9. The number of rotatable bonds is 3. The number of anilines is 1. The first-order valence-electron chi connectivity index (χ1n) is 12.8. The minimum atomic E-state index is -0.954. The van der Waals surface area contributed by atoms with Gasteiger partial charge in [0.2, 0.25) is 5.89 Å². The number of pyridine rings is 1. The van der Waals surface area contributed by atoms with Gasteiger partial charge in [0.15, 0.2) is 11.4 Å². The van der Waals surface area contributed by atoms with Gasteiger partial charge in [0.1, 0.15) is 16.7 Å². The number of carbonyl (C=O) groups is 2. The minimum Gasteiger partial charge on any atom is -0.443 e. The molecule has 0 atom stereocenters. The molecule has 0 saturated carbocycles. The summed E-state index contributed by atoms with van der Waals surface area (Å²) in [5.41, 5.74) is -1.02. The standard InChI is InChI=1S/C28H36BN3O7/c1-25(2,3)36-23(33)32(24(34)37-26(4,5)6)21-18(22-31-19-13-11-12-14-20(19)35-22)15-17(16-30-21)29-38-27(7,8)28(9,10)39-29/h11-16H,1-10H3. The molecular weight excluding hydrogens is 501 g/mol. The van der Waals surface area contributed by atoms with Gasteiger partial charge in [0.05, 0.1) is 16.8 Å². The Kier molecular flexibility index (Phi) is 7.06. The average molecular weight is 537 g/mol. The Hall–Kier alpha value is -3.44. The summed E-state index contributed by atoms with van der Waals surface area (Å²) in [7, 11) is -0.754. The minimum absolute atomic E-state index is 0.0645. The highest BCUT2D eigenvalue weighted by molar-refractivity contribution is 6.62. The molecule has 0 spiro atoms. The Bertz CT molecular complexity index is 1330. The molecule has 0 bridgehead atoms. The average Bonchev–Trinajstić information content (AvgIpc) is 3.29. The van der Waals surface area contributed by atoms with Crippen LogP contribution in [0.3, 0.4) is 0 Å². The van der Waals surface area contributed by atoms with Crippen molar-refractivity contribution in [1.29, 1.82) is 0 Å². The maximum atomic E-state index is 13.4. The summed E-state index contributed by atoms with van der Waals surface area (Å²) in [6.45, 7) is 18.0. The Labute approximate surface area is 229 Å². The van der Waals surface area contributed by atoms with Crippen LogP contribution in [0.4, 0.5) is 15.4 Å². The number of carbonyl (C=O) groups excluding carboxylic acids is 2. The molecule has 4 rings (SSSR count). The van der Waals surface area contributed by atoms with Crippen molar-refractivity contribution in [2.45, 2.75) is 91.6 Å². The van der Waals surface area contributed by atoms with E-state index in [1.54, 1.807) is 59.7 Å². The van der Waals surface area contributed by atoms with Crippen molar-refractivity contribution in [3.63, 3.8) is 0 Å². The Morgan fingerprint density at radius 3 is 1.95 bits per heavy atom. The number of para-hydroxylation sites is 2. The summed E-state index contributed by atoms with van der Waals surface area (Å²) in [6, 6.07) is 8.92. The van der Waals surface area contributed by atoms with Crippen molar-refractivity contribution in [3.8, 4) is 11.5 Å². The highest BCUT2D eigenvalue weighted by Gasteiger charge is 2.52. The van der Waals surface area contributed by atoms with E-state index in [-0.39, 0.29) is 17.3 Å². The van der Waals surface area contributed by atoms with Gasteiger partial charge in [-0.1, -0.05) is 12.1 Å². The summed E-state index contributed by atoms with van der Waals surface area (Å²) in [6.07, 6.45) is -0.416. The van der Waals surface area contributed by atoms with E-state index in [1.807, 2.05) is 39.8 Å². The van der Waals surface area contributed by atoms with E-state index in [4.69, 9.17) is 23.2 Å². The molecule has 0 aliphatic carbocycles. The molecule has 0 unspecified atom stereocenters. The lowest BCUT2D eigenvalue weighted by atomic mass is 9.79. The molecule has 0 N–H and O–H groups in total. The number of hydrogen-bond acceptors (Lipinski definition) is 9. The van der Waals surface area contributed by atoms with Gasteiger partial charge in [-0.25, -0.2) is 19.6 Å². The molecule has 11 heteroatoms. The van der Waals surface area contributed by atoms with E-state index in [0.717, 1.165) is 4.90 Å². The highest BCUT2D eigenvalue weighted by Crippen LogP contribution is 2.38. The summed E-state index contributed by atoms with van der Waals surface area (Å²) in [4.78, 5) is 36.7. The van der Waals surface area contributed by atoms with Crippen molar-refractivity contribution in [3.05, 3.63) is 36.5 Å². The topological polar surface area (TPSA) is 113 Å². The lowest BCUT2D eigenvalue weighted by Crippen LogP contribution is -2.45. The molecule has 0 radical (unpaired) electrons. The van der Waals surface area contributed by atoms with E-state index in [1.165, 1.54) is 6.20 Å². The first-order valence-corrected chi connectivity index (χ1v) is 12.8. The molecular formula is C28H36BN3O7. The molecule has 3 aromatic rings. The molecule has 10 nitrogen and oxygen atoms in total. The quantitative estimate of drug-likeness (QED) is 0.379. The van der Waals surface area contributed by atoms with Crippen molar-refractivity contribution in [2.24, 2.45) is 0 Å². The largest absolute Gasteiger partial charge is 0.496 e. The predicted molar refractivity (Wildman–Crippen MR) is 148 cm³/mol. The molecule has 3 heterocycles. The predicted octanol–water partition coefficient (Wildman–Crippen LogP) is 5.87. The third-order valence-corrected chi connectivity index (χ3v) is 6.30. The summed E-state index contributed by atoms with van der Waals surface area (Å²) < 4.78 is 29.6. The van der Waals surface area contributed by atoms with E-state index in [2.05, 4.69) is 9.97 Å². The fraction of sp³-hybridized carbons (Fsp3) is 0.500. The summed E-state index contributed by atoms with van der Waals surface area (Å²) >= 11 is 0. The van der Waals surface area contributed by atoms with Crippen LogP contribution in [0.2, 0.25) is 0 Å². The van der Waals surface area contributed by atoms with Crippen LogP contribution in [0.1, 0.15) is 69.2 Å². The van der Waals surface area contributed by atoms with E-state index in [9.17, 15) is 9.59 Å². The second-order valence-corrected chi connectivity index (χ2v) is 12.5. The third-order valence-electron chi connectivity index (χ3n) is 6.30. The molecule has 1 aliphatic rings. The first kappa shape index (κ1) is 28.6. The molecule has 1 aromatic carbocycles. The number of fused-ring (bicyclic) bond motifs is 1. The van der Waals surface area contributed by atoms with Crippen LogP contribution in [-0.2, 0) is 18.8 Å². The van der Waals surface area contributed by atoms with E-state index >= 15 is 0 Å². The molecule has 1 saturated heterocycles. The third kappa shape index (κ3) is 6.09. The normalized spacial score (nSPS) is 16.8. The Morgan fingerprint density at radius 1 is 0.897 bits per heavy atom. The molecule has 2 amide bonds. The van der Waals surface area contributed by atoms with Crippen molar-refractivity contribution < 1.29 is 32.8 Å². The van der Waals surface area contributed by atoms with Gasteiger partial charge < -0.3 is 23.2 Å². The lowest BCUT2D eigenvalue weighted by Gasteiger charge is -2.32. The molecule has 208 valence electrons. The van der Waals surface area contributed by atoms with Gasteiger partial charge in [-0.2, -0.15) is 4.90 Å². The van der Waals surface area contributed by atoms with Crippen LogP contribution in [0, 0.1) is 0 Å². The maximum absolute atomic E-state index is 13.4. The Balaban J connectivity index is 1.89. The summed E-state index contributed by atoms with van der Waals surface area (Å²) in [5, 5.41) is 0. The van der Waals surface area contributed by atoms with Crippen molar-refractivity contribution in [2.75, 3.05) is 4.90 Å². The SMILES string of the molecule is CC(C)(C)OC(=O)N(C(=O)OC(C)(C)C)c1ncc(B2OC(C)(C)C(C)(C)O2)cc1-c1nc2ccccc2o1. The second kappa shape index (κ2) is 9.64. The van der Waals surface area contributed by atoms with Crippen LogP contribution in [0.5, 0.6) is 0 Å². The van der Waals surface area contributed by atoms with Gasteiger partial charge in [-0.15, -0.1) is 0 Å². The molecule has 1 fully saturated rings. The number of aromatic nitrogens is 2. The van der Waals surface area contributed by atoms with Gasteiger partial charge in [-0.05, 0) is 87.4 Å². The van der Waals surface area contributed by atoms with Crippen LogP contribution >= 0.6 is 0 Å². The van der Waals surface area contributed by atoms with Gasteiger partial charge in [0, 0.05) is 11.7 Å². The molecule has 39 heavy (non-hydrogen) atoms. The second-order valence-electron chi connectivity index (χ2n) is 12.5. The van der Waals surface area contributed by atoms with Crippen LogP contribution in [0.25, 0.3) is 22.6 Å². The van der Waals surface area contributed by atoms with E-state index in [0.29, 0.717) is 16.6 Å². The number of benzene rings is 1. The van der Waals surface area contributed by atoms with Crippen molar-refractivity contribution in [1.82, 2.24) is 9.97 Å². The Morgan fingerprint density at radius 2 is 1.44 bits per heavy atom. The van der Waals surface area contributed by atoms with Crippen molar-refractivity contribution >= 4 is 41.7 Å². The summed E-state index contributed by atoms with van der Waals surface area (Å²) in [5.74, 6) is 0.0829. The highest BCUT2D eigenvalue weighted by atomic mass is 16.7. The molecule has 2 aromatic heterocycles. The fourth-order valence-corrected chi connectivity index (χ4v) is 3.77. The fourth-order valence-electron chi connectivity index (χ4n) is 3.77. The smallest absolute Gasteiger partial charge is 0.443 e. The number of imide groups is 1. The number of amides is 2. The van der Waals surface area contributed by atoms with Gasteiger partial charge >= 0.3 is 19.3 Å². The molecule has 1 aliphatic heterocycles. The number of nitrogens with zero attached hydrogens (tertiary/aromatic N) is 3. The van der Waals surface area contributed by atoms with Gasteiger partial charge in [0.25, 0.3) is 0 Å². The number of ether oxygens (including phenoxy) is 2. The maximum Gasteiger partial charge on any atom is 0.496 e. The van der Waals surface area contributed by atoms with E-state index < -0.39 is 41.7 Å². The number of oxazole rings is 1. The van der Waals surface area contributed by atoms with Gasteiger partial charge in [-0.3, -0.25) is 0 Å². The zero-order valence-corrected chi connectivity index (χ0v) is 24.2. The van der Waals surface area contributed by atoms with Crippen LogP contribution in [-0.4, -0.2) is 51.7 Å². The monoisotopic (exact) mass is 537 g/mol.